The minimum Gasteiger partial charge on any atom is -0.453 e. The van der Waals surface area contributed by atoms with E-state index in [2.05, 4.69) is 23.4 Å². The van der Waals surface area contributed by atoms with Crippen molar-refractivity contribution in [1.82, 2.24) is 10.2 Å². The lowest BCUT2D eigenvalue weighted by molar-refractivity contribution is -0.0436. The summed E-state index contributed by atoms with van der Waals surface area (Å²) >= 11 is 0. The number of alkyl carbamates (subject to hydrolysis) is 1. The van der Waals surface area contributed by atoms with Gasteiger partial charge in [0, 0.05) is 36.7 Å². The molecule has 212 valence electrons. The van der Waals surface area contributed by atoms with Gasteiger partial charge in [0.2, 0.25) is 0 Å². The highest BCUT2D eigenvalue weighted by Gasteiger charge is 2.52. The fraction of sp³-hybridized carbons (Fsp3) is 0.448. The molecule has 40 heavy (non-hydrogen) atoms. The number of carbonyl (C=O) groups excluding carboxylic acids is 1. The van der Waals surface area contributed by atoms with E-state index in [0.717, 1.165) is 37.0 Å². The van der Waals surface area contributed by atoms with Crippen molar-refractivity contribution in [1.29, 1.82) is 5.26 Å². The summed E-state index contributed by atoms with van der Waals surface area (Å²) in [4.78, 5) is 13.1. The van der Waals surface area contributed by atoms with Crippen LogP contribution in [0.4, 0.5) is 18.0 Å². The van der Waals surface area contributed by atoms with Gasteiger partial charge in [-0.15, -0.1) is 0 Å². The van der Waals surface area contributed by atoms with Gasteiger partial charge in [-0.3, -0.25) is 0 Å². The Bertz CT molecular complexity index is 1400. The minimum atomic E-state index is -5.41. The number of ether oxygens (including phenoxy) is 1. The first-order chi connectivity index (χ1) is 19.0. The number of hydrogen-bond acceptors (Lipinski definition) is 6. The largest absolute Gasteiger partial charge is 0.501 e. The first-order valence-corrected chi connectivity index (χ1v) is 14.5. The van der Waals surface area contributed by atoms with Crippen molar-refractivity contribution >= 4 is 15.9 Å². The average Bonchev–Trinajstić information content (AvgIpc) is 3.41. The Labute approximate surface area is 232 Å². The highest BCUT2D eigenvalue weighted by molar-refractivity contribution is 7.92. The van der Waals surface area contributed by atoms with E-state index in [4.69, 9.17) is 4.74 Å². The van der Waals surface area contributed by atoms with Crippen molar-refractivity contribution in [3.63, 3.8) is 0 Å². The molecule has 0 spiro atoms. The lowest BCUT2D eigenvalue weighted by atomic mass is 9.59. The molecule has 1 saturated carbocycles. The van der Waals surface area contributed by atoms with Crippen molar-refractivity contribution in [2.45, 2.75) is 54.0 Å². The van der Waals surface area contributed by atoms with Crippen LogP contribution in [0.1, 0.15) is 43.2 Å². The molecular formula is C29H30F3N3O4S. The van der Waals surface area contributed by atoms with Gasteiger partial charge in [0.15, 0.2) is 0 Å². The SMILES string of the molecule is COC(=O)N[C@H]1CCC[C@@H]1C(C#N)(c1ccccc1)C1CCN(C#Cc2ccc(S(=O)(=O)C(F)(F)F)cc2)CC1. The van der Waals surface area contributed by atoms with Crippen LogP contribution in [0, 0.1) is 35.1 Å². The Morgan fingerprint density at radius 2 is 1.68 bits per heavy atom. The highest BCUT2D eigenvalue weighted by Crippen LogP contribution is 2.50. The molecule has 0 bridgehead atoms. The molecular weight excluding hydrogens is 543 g/mol. The summed E-state index contributed by atoms with van der Waals surface area (Å²) < 4.78 is 66.3. The maximum atomic E-state index is 12.8. The molecule has 2 aromatic rings. The van der Waals surface area contributed by atoms with Gasteiger partial charge in [0.25, 0.3) is 9.84 Å². The first-order valence-electron chi connectivity index (χ1n) is 13.0. The van der Waals surface area contributed by atoms with E-state index in [9.17, 15) is 31.6 Å². The molecule has 1 aliphatic carbocycles. The normalized spacial score (nSPS) is 21.4. The van der Waals surface area contributed by atoms with E-state index < -0.39 is 31.7 Å². The number of nitriles is 1. The van der Waals surface area contributed by atoms with Gasteiger partial charge in [-0.25, -0.2) is 13.2 Å². The first kappa shape index (κ1) is 29.3. The summed E-state index contributed by atoms with van der Waals surface area (Å²) in [5, 5.41) is 13.7. The standard InChI is InChI=1S/C29H30F3N3O4S/c1-39-27(36)34-26-9-5-8-25(26)28(20-33,22-6-3-2-4-7-22)23-15-18-35(19-16-23)17-14-21-10-12-24(13-11-21)40(37,38)29(30,31)32/h2-4,6-7,10-13,23,25-26H,5,8-9,15-16,18-19H2,1H3,(H,34,36)/t25-,26-,28?/m0/s1. The zero-order valence-corrected chi connectivity index (χ0v) is 22.8. The van der Waals surface area contributed by atoms with Crippen LogP contribution < -0.4 is 5.32 Å². The number of rotatable bonds is 5. The van der Waals surface area contributed by atoms with Gasteiger partial charge in [-0.05, 0) is 67.4 Å². The second-order valence-electron chi connectivity index (χ2n) is 10.1. The minimum absolute atomic E-state index is 0.00913. The molecule has 1 aliphatic heterocycles. The molecule has 1 saturated heterocycles. The molecule has 0 radical (unpaired) electrons. The van der Waals surface area contributed by atoms with Crippen molar-refractivity contribution in [3.05, 3.63) is 65.7 Å². The lowest BCUT2D eigenvalue weighted by Gasteiger charge is -2.45. The number of sulfone groups is 1. The fourth-order valence-corrected chi connectivity index (χ4v) is 6.80. The van der Waals surface area contributed by atoms with Crippen LogP contribution in [0.15, 0.2) is 59.5 Å². The number of alkyl halides is 3. The molecule has 1 heterocycles. The lowest BCUT2D eigenvalue weighted by Crippen LogP contribution is -2.52. The van der Waals surface area contributed by atoms with E-state index in [1.165, 1.54) is 19.2 Å². The number of halogens is 3. The predicted octanol–water partition coefficient (Wildman–Crippen LogP) is 4.99. The predicted molar refractivity (Wildman–Crippen MR) is 141 cm³/mol. The summed E-state index contributed by atoms with van der Waals surface area (Å²) in [6.45, 7) is 1.16. The number of benzene rings is 2. The van der Waals surface area contributed by atoms with Gasteiger partial charge >= 0.3 is 11.6 Å². The van der Waals surface area contributed by atoms with Crippen molar-refractivity contribution in [2.75, 3.05) is 20.2 Å². The fourth-order valence-electron chi connectivity index (χ4n) is 6.03. The zero-order valence-electron chi connectivity index (χ0n) is 21.9. The van der Waals surface area contributed by atoms with E-state index in [1.54, 1.807) is 0 Å². The number of carbonyl (C=O) groups is 1. The quantitative estimate of drug-likeness (QED) is 0.507. The molecule has 4 rings (SSSR count). The Kier molecular flexibility index (Phi) is 8.65. The Hall–Kier alpha value is -3.70. The third-order valence-corrected chi connectivity index (χ3v) is 9.49. The molecule has 3 atom stereocenters. The summed E-state index contributed by atoms with van der Waals surface area (Å²) in [6, 6.07) is 19.5. The van der Waals surface area contributed by atoms with Gasteiger partial charge in [0.05, 0.1) is 23.5 Å². The number of amides is 1. The van der Waals surface area contributed by atoms with E-state index in [-0.39, 0.29) is 17.9 Å². The van der Waals surface area contributed by atoms with Crippen LogP contribution >= 0.6 is 0 Å². The molecule has 2 aromatic carbocycles. The molecule has 0 aromatic heterocycles. The molecule has 7 nitrogen and oxygen atoms in total. The van der Waals surface area contributed by atoms with Gasteiger partial charge in [0.1, 0.15) is 0 Å². The van der Waals surface area contributed by atoms with Crippen LogP contribution in [0.25, 0.3) is 0 Å². The van der Waals surface area contributed by atoms with E-state index in [1.807, 2.05) is 35.2 Å². The summed E-state index contributed by atoms with van der Waals surface area (Å²) in [6.07, 6.45) is 3.32. The average molecular weight is 574 g/mol. The smallest absolute Gasteiger partial charge is 0.453 e. The van der Waals surface area contributed by atoms with E-state index >= 15 is 0 Å². The zero-order chi connectivity index (χ0) is 29.0. The molecule has 1 amide bonds. The van der Waals surface area contributed by atoms with Crippen LogP contribution in [0.3, 0.4) is 0 Å². The number of methoxy groups -OCH3 is 1. The van der Waals surface area contributed by atoms with Crippen LogP contribution in [-0.2, 0) is 20.0 Å². The molecule has 2 aliphatic rings. The third kappa shape index (κ3) is 5.75. The van der Waals surface area contributed by atoms with Crippen LogP contribution in [-0.4, -0.2) is 51.2 Å². The molecule has 1 N–H and O–H groups in total. The van der Waals surface area contributed by atoms with E-state index in [0.29, 0.717) is 31.5 Å². The Morgan fingerprint density at radius 3 is 2.25 bits per heavy atom. The molecule has 1 unspecified atom stereocenters. The monoisotopic (exact) mass is 573 g/mol. The highest BCUT2D eigenvalue weighted by atomic mass is 32.2. The summed E-state index contributed by atoms with van der Waals surface area (Å²) in [5.41, 5.74) is -4.86. The van der Waals surface area contributed by atoms with Gasteiger partial charge < -0.3 is 15.0 Å². The topological polar surface area (TPSA) is 99.5 Å². The number of hydrogen-bond donors (Lipinski definition) is 1. The van der Waals surface area contributed by atoms with Crippen LogP contribution in [0.5, 0.6) is 0 Å². The Morgan fingerprint density at radius 1 is 1.02 bits per heavy atom. The Balaban J connectivity index is 1.52. The second kappa shape index (κ2) is 11.8. The van der Waals surface area contributed by atoms with Gasteiger partial charge in [-0.1, -0.05) is 36.8 Å². The molecule has 2 fully saturated rings. The maximum Gasteiger partial charge on any atom is 0.501 e. The number of likely N-dealkylation sites (tertiary alicyclic amines) is 1. The maximum absolute atomic E-state index is 12.8. The van der Waals surface area contributed by atoms with Crippen molar-refractivity contribution in [3.8, 4) is 18.0 Å². The van der Waals surface area contributed by atoms with Crippen molar-refractivity contribution < 1.29 is 31.1 Å². The summed E-state index contributed by atoms with van der Waals surface area (Å²) in [5.74, 6) is 2.81. The second-order valence-corrected chi connectivity index (χ2v) is 12.0. The number of piperidine rings is 1. The van der Waals surface area contributed by atoms with Crippen molar-refractivity contribution in [2.24, 2.45) is 11.8 Å². The summed E-state index contributed by atoms with van der Waals surface area (Å²) in [7, 11) is -4.09. The molecule has 11 heteroatoms. The third-order valence-electron chi connectivity index (χ3n) is 7.99. The number of nitrogens with zero attached hydrogens (tertiary/aromatic N) is 2. The van der Waals surface area contributed by atoms with Gasteiger partial charge in [-0.2, -0.15) is 18.4 Å². The van der Waals surface area contributed by atoms with Crippen LogP contribution in [0.2, 0.25) is 0 Å². The number of nitrogens with one attached hydrogen (secondary N) is 1.